The van der Waals surface area contributed by atoms with E-state index in [9.17, 15) is 9.36 Å². The van der Waals surface area contributed by atoms with Crippen LogP contribution in [0.1, 0.15) is 31.0 Å². The van der Waals surface area contributed by atoms with Crippen LogP contribution in [0, 0.1) is 0 Å². The van der Waals surface area contributed by atoms with Gasteiger partial charge in [0.15, 0.2) is 6.04 Å². The van der Waals surface area contributed by atoms with Gasteiger partial charge in [-0.2, -0.15) is 0 Å². The van der Waals surface area contributed by atoms with E-state index in [0.29, 0.717) is 5.56 Å². The Labute approximate surface area is 167 Å². The highest BCUT2D eigenvalue weighted by atomic mass is 35.6. The van der Waals surface area contributed by atoms with E-state index in [-0.39, 0.29) is 13.2 Å². The summed E-state index contributed by atoms with van der Waals surface area (Å²) in [6.45, 7) is 3.20. The number of hydrogen-bond donors (Lipinski definition) is 0. The van der Waals surface area contributed by atoms with Gasteiger partial charge >= 0.3 is 13.7 Å². The van der Waals surface area contributed by atoms with E-state index < -0.39 is 30.2 Å². The van der Waals surface area contributed by atoms with Crippen molar-refractivity contribution in [3.63, 3.8) is 0 Å². The molecule has 0 N–H and O–H groups in total. The number of esters is 1. The zero-order valence-electron chi connectivity index (χ0n) is 14.2. The summed E-state index contributed by atoms with van der Waals surface area (Å²) in [6, 6.07) is 6.08. The Morgan fingerprint density at radius 2 is 1.81 bits per heavy atom. The van der Waals surface area contributed by atoms with E-state index in [0.717, 1.165) is 5.56 Å². The van der Waals surface area contributed by atoms with Crippen molar-refractivity contribution in [1.29, 1.82) is 0 Å². The third-order valence-electron chi connectivity index (χ3n) is 3.43. The molecule has 144 valence electrons. The van der Waals surface area contributed by atoms with Gasteiger partial charge in [0.1, 0.15) is 6.61 Å². The fraction of sp³-hybridized carbons (Fsp3) is 0.438. The molecule has 1 aliphatic rings. The van der Waals surface area contributed by atoms with E-state index in [1.165, 1.54) is 10.9 Å². The number of carbonyl (C=O) groups is 1. The van der Waals surface area contributed by atoms with Crippen LogP contribution in [0.25, 0.3) is 6.08 Å². The van der Waals surface area contributed by atoms with E-state index in [1.54, 1.807) is 32.1 Å². The van der Waals surface area contributed by atoms with Gasteiger partial charge < -0.3 is 4.74 Å². The zero-order chi connectivity index (χ0) is 19.4. The molecule has 1 unspecified atom stereocenters. The minimum atomic E-state index is -3.78. The molecule has 1 aromatic carbocycles. The Balaban J connectivity index is 2.43. The maximum Gasteiger partial charge on any atom is 0.435 e. The van der Waals surface area contributed by atoms with Crippen LogP contribution in [0.2, 0.25) is 0 Å². The van der Waals surface area contributed by atoms with Crippen LogP contribution in [-0.2, 0) is 23.1 Å². The van der Waals surface area contributed by atoms with Crippen molar-refractivity contribution in [3.05, 3.63) is 41.6 Å². The van der Waals surface area contributed by atoms with Crippen LogP contribution < -0.4 is 0 Å². The maximum atomic E-state index is 13.2. The van der Waals surface area contributed by atoms with Crippen LogP contribution in [0.3, 0.4) is 0 Å². The smallest absolute Gasteiger partial charge is 0.435 e. The maximum absolute atomic E-state index is 13.2. The molecule has 26 heavy (non-hydrogen) atoms. The summed E-state index contributed by atoms with van der Waals surface area (Å²) in [4.78, 5) is 12.8. The average Bonchev–Trinajstić information content (AvgIpc) is 2.58. The molecule has 0 radical (unpaired) electrons. The van der Waals surface area contributed by atoms with Crippen LogP contribution >= 0.6 is 42.5 Å². The molecule has 0 fully saturated rings. The van der Waals surface area contributed by atoms with Crippen LogP contribution in [0.5, 0.6) is 0 Å². The topological polar surface area (TPSA) is 65.1 Å². The minimum absolute atomic E-state index is 0.138. The molecule has 0 spiro atoms. The zero-order valence-corrected chi connectivity index (χ0v) is 17.4. The molecule has 6 nitrogen and oxygen atoms in total. The fourth-order valence-corrected chi connectivity index (χ4v) is 4.37. The van der Waals surface area contributed by atoms with Crippen molar-refractivity contribution in [3.8, 4) is 0 Å². The normalized spacial score (nSPS) is 17.1. The van der Waals surface area contributed by atoms with Crippen LogP contribution in [0.4, 0.5) is 0 Å². The molecular weight excluding hydrogens is 424 g/mol. The molecule has 1 aliphatic heterocycles. The summed E-state index contributed by atoms with van der Waals surface area (Å²) in [6.07, 6.45) is 3.22. The molecule has 1 aromatic rings. The number of benzene rings is 1. The molecule has 1 atom stereocenters. The van der Waals surface area contributed by atoms with E-state index >= 15 is 0 Å². The number of halogens is 3. The Hall–Kier alpha value is -0.750. The van der Waals surface area contributed by atoms with Gasteiger partial charge in [0.25, 0.3) is 0 Å². The highest BCUT2D eigenvalue weighted by Gasteiger charge is 2.44. The molecule has 0 aromatic heterocycles. The fourth-order valence-electron chi connectivity index (χ4n) is 2.48. The number of nitrogens with zero attached hydrogens (tertiary/aromatic N) is 1. The summed E-state index contributed by atoms with van der Waals surface area (Å²) in [5.41, 5.74) is 1.36. The first kappa shape index (κ1) is 21.5. The van der Waals surface area contributed by atoms with Gasteiger partial charge in [-0.1, -0.05) is 59.1 Å². The summed E-state index contributed by atoms with van der Waals surface area (Å²) >= 11 is 17.0. The number of rotatable bonds is 7. The van der Waals surface area contributed by atoms with Crippen molar-refractivity contribution < 1.29 is 23.1 Å². The second kappa shape index (κ2) is 8.96. The molecule has 2 rings (SSSR count). The Kier molecular flexibility index (Phi) is 7.43. The highest BCUT2D eigenvalue weighted by Crippen LogP contribution is 2.57. The van der Waals surface area contributed by atoms with E-state index in [4.69, 9.17) is 48.6 Å². The van der Waals surface area contributed by atoms with Crippen molar-refractivity contribution >= 4 is 54.6 Å². The van der Waals surface area contributed by atoms with Gasteiger partial charge in [0, 0.05) is 6.20 Å². The Bertz CT molecular complexity index is 712. The lowest BCUT2D eigenvalue weighted by Crippen LogP contribution is -2.34. The molecular formula is C16H19Cl3NO5P. The Morgan fingerprint density at radius 3 is 2.38 bits per heavy atom. The molecule has 0 amide bonds. The summed E-state index contributed by atoms with van der Waals surface area (Å²) in [7, 11) is -3.78. The monoisotopic (exact) mass is 441 g/mol. The van der Waals surface area contributed by atoms with E-state index in [2.05, 4.69) is 0 Å². The van der Waals surface area contributed by atoms with Crippen molar-refractivity contribution in [2.24, 2.45) is 0 Å². The second-order valence-corrected chi connectivity index (χ2v) is 9.69. The average molecular weight is 443 g/mol. The lowest BCUT2D eigenvalue weighted by molar-refractivity contribution is -0.148. The Morgan fingerprint density at radius 1 is 1.19 bits per heavy atom. The number of carbonyl (C=O) groups excluding carboxylic acids is 1. The summed E-state index contributed by atoms with van der Waals surface area (Å²) < 4.78 is 28.6. The number of fused-ring (bicyclic) bond motifs is 1. The van der Waals surface area contributed by atoms with Gasteiger partial charge in [-0.3, -0.25) is 13.7 Å². The second-order valence-electron chi connectivity index (χ2n) is 5.25. The molecule has 0 saturated heterocycles. The third kappa shape index (κ3) is 5.16. The lowest BCUT2D eigenvalue weighted by Gasteiger charge is -2.36. The van der Waals surface area contributed by atoms with Gasteiger partial charge in [0.2, 0.25) is 3.79 Å². The molecule has 1 heterocycles. The van der Waals surface area contributed by atoms with Crippen molar-refractivity contribution in [2.75, 3.05) is 19.8 Å². The third-order valence-corrected chi connectivity index (χ3v) is 5.86. The van der Waals surface area contributed by atoms with Gasteiger partial charge in [0.05, 0.1) is 13.2 Å². The largest absolute Gasteiger partial charge is 0.459 e. The first-order valence-electron chi connectivity index (χ1n) is 7.90. The minimum Gasteiger partial charge on any atom is -0.459 e. The van der Waals surface area contributed by atoms with Crippen LogP contribution in [-0.4, -0.2) is 34.3 Å². The number of ether oxygens (including phenoxy) is 1. The highest BCUT2D eigenvalue weighted by molar-refractivity contribution is 7.51. The van der Waals surface area contributed by atoms with Gasteiger partial charge in [-0.15, -0.1) is 0 Å². The molecule has 0 aliphatic carbocycles. The first-order chi connectivity index (χ1) is 12.2. The van der Waals surface area contributed by atoms with E-state index in [1.807, 2.05) is 12.1 Å². The number of alkyl halides is 3. The quantitative estimate of drug-likeness (QED) is 0.332. The standard InChI is InChI=1S/C16H19Cl3NO5P/c1-3-24-26(22,25-4-2)20-10-9-12-7-5-6-8-13(12)14(20)15(21)23-11-16(17,18)19/h5-10,14H,3-4,11H2,1-2H3. The molecule has 10 heteroatoms. The van der Waals surface area contributed by atoms with Gasteiger partial charge in [-0.05, 0) is 31.1 Å². The van der Waals surface area contributed by atoms with Crippen molar-refractivity contribution in [1.82, 2.24) is 4.67 Å². The first-order valence-corrected chi connectivity index (χ1v) is 10.5. The molecule has 0 bridgehead atoms. The van der Waals surface area contributed by atoms with Crippen molar-refractivity contribution in [2.45, 2.75) is 23.7 Å². The van der Waals surface area contributed by atoms with Crippen LogP contribution in [0.15, 0.2) is 30.5 Å². The number of hydrogen-bond acceptors (Lipinski definition) is 5. The summed E-state index contributed by atoms with van der Waals surface area (Å²) in [5, 5.41) is 0. The molecule has 0 saturated carbocycles. The lowest BCUT2D eigenvalue weighted by atomic mass is 9.98. The SMILES string of the molecule is CCOP(=O)(OCC)N1C=Cc2ccccc2C1C(=O)OCC(Cl)(Cl)Cl. The predicted molar refractivity (Wildman–Crippen MR) is 102 cm³/mol. The van der Waals surface area contributed by atoms with Gasteiger partial charge in [-0.25, -0.2) is 9.36 Å². The summed E-state index contributed by atoms with van der Waals surface area (Å²) in [5.74, 6) is -0.729. The predicted octanol–water partition coefficient (Wildman–Crippen LogP) is 5.11.